The normalized spacial score (nSPS) is 9.00. The van der Waals surface area contributed by atoms with Crippen molar-refractivity contribution in [2.45, 2.75) is 0 Å². The maximum absolute atomic E-state index is 5.24. The third-order valence-electron chi connectivity index (χ3n) is 0.560. The summed E-state index contributed by atoms with van der Waals surface area (Å²) in [5.41, 5.74) is 5.24. The monoisotopic (exact) mass is 212 g/mol. The van der Waals surface area contributed by atoms with Crippen LogP contribution in [0.4, 0.5) is 0 Å². The van der Waals surface area contributed by atoms with E-state index >= 15 is 0 Å². The molecule has 0 aliphatic rings. The van der Waals surface area contributed by atoms with Gasteiger partial charge in [0, 0.05) is 14.1 Å². The molecule has 0 saturated heterocycles. The minimum atomic E-state index is 0.411. The lowest BCUT2D eigenvalue weighted by Crippen LogP contribution is -2.15. The van der Waals surface area contributed by atoms with Crippen molar-refractivity contribution in [1.29, 1.82) is 0 Å². The first kappa shape index (κ1) is 10.5. The standard InChI is InChI=1S/C4H8N2S4/c1-6(2)4(8)10-9-3(5)7/h1-2H3,(H2,5,7). The largest absolute Gasteiger partial charge is 0.384 e. The van der Waals surface area contributed by atoms with Crippen LogP contribution < -0.4 is 5.73 Å². The van der Waals surface area contributed by atoms with Gasteiger partial charge in [0.25, 0.3) is 0 Å². The molecule has 0 unspecified atom stereocenters. The minimum absolute atomic E-state index is 0.411. The lowest BCUT2D eigenvalue weighted by Gasteiger charge is -2.10. The fourth-order valence-electron chi connectivity index (χ4n) is 0.151. The van der Waals surface area contributed by atoms with E-state index in [-0.39, 0.29) is 0 Å². The van der Waals surface area contributed by atoms with E-state index in [1.54, 1.807) is 0 Å². The van der Waals surface area contributed by atoms with E-state index in [4.69, 9.17) is 18.0 Å². The Labute approximate surface area is 79.3 Å². The molecule has 0 rings (SSSR count). The van der Waals surface area contributed by atoms with Crippen LogP contribution in [0.25, 0.3) is 0 Å². The van der Waals surface area contributed by atoms with Crippen molar-refractivity contribution in [3.8, 4) is 0 Å². The summed E-state index contributed by atoms with van der Waals surface area (Å²) in [4.78, 5) is 1.84. The molecule has 58 valence electrons. The lowest BCUT2D eigenvalue weighted by molar-refractivity contribution is 0.648. The fourth-order valence-corrected chi connectivity index (χ4v) is 1.97. The molecule has 0 aliphatic carbocycles. The zero-order valence-electron chi connectivity index (χ0n) is 5.66. The third-order valence-corrected chi connectivity index (χ3v) is 4.08. The van der Waals surface area contributed by atoms with Crippen LogP contribution >= 0.6 is 46.0 Å². The summed E-state index contributed by atoms with van der Waals surface area (Å²) in [5, 5.41) is 0. The number of hydrogen-bond acceptors (Lipinski definition) is 4. The highest BCUT2D eigenvalue weighted by atomic mass is 33.1. The predicted octanol–water partition coefficient (Wildman–Crippen LogP) is 1.46. The Bertz CT molecular complexity index is 144. The molecule has 0 amide bonds. The topological polar surface area (TPSA) is 29.3 Å². The van der Waals surface area contributed by atoms with Crippen LogP contribution in [0.1, 0.15) is 0 Å². The summed E-state index contributed by atoms with van der Waals surface area (Å²) in [6, 6.07) is 0. The SMILES string of the molecule is CN(C)C(=S)SSC(N)=S. The molecule has 0 saturated carbocycles. The second-order valence-corrected chi connectivity index (χ2v) is 5.15. The third kappa shape index (κ3) is 5.28. The van der Waals surface area contributed by atoms with Crippen LogP contribution in [0.2, 0.25) is 0 Å². The van der Waals surface area contributed by atoms with E-state index in [2.05, 4.69) is 12.2 Å². The van der Waals surface area contributed by atoms with E-state index in [1.807, 2.05) is 19.0 Å². The van der Waals surface area contributed by atoms with E-state index in [9.17, 15) is 0 Å². The molecule has 2 nitrogen and oxygen atoms in total. The maximum Gasteiger partial charge on any atom is 0.146 e. The summed E-state index contributed by atoms with van der Waals surface area (Å²) in [6.07, 6.45) is 0. The van der Waals surface area contributed by atoms with Gasteiger partial charge in [0.05, 0.1) is 0 Å². The number of rotatable bonds is 0. The van der Waals surface area contributed by atoms with Crippen LogP contribution in [0.5, 0.6) is 0 Å². The summed E-state index contributed by atoms with van der Waals surface area (Å²) in [7, 11) is 6.48. The van der Waals surface area contributed by atoms with Gasteiger partial charge in [0.1, 0.15) is 8.64 Å². The van der Waals surface area contributed by atoms with Crippen LogP contribution in [0.15, 0.2) is 0 Å². The average molecular weight is 212 g/mol. The molecular weight excluding hydrogens is 204 g/mol. The summed E-state index contributed by atoms with van der Waals surface area (Å²) in [5.74, 6) is 0. The van der Waals surface area contributed by atoms with Crippen LogP contribution in [0, 0.1) is 0 Å². The molecule has 0 fully saturated rings. The molecule has 0 aromatic rings. The van der Waals surface area contributed by atoms with Crippen molar-refractivity contribution >= 4 is 54.7 Å². The Balaban J connectivity index is 3.50. The Kier molecular flexibility index (Phi) is 5.42. The van der Waals surface area contributed by atoms with Crippen molar-refractivity contribution in [2.24, 2.45) is 5.73 Å². The van der Waals surface area contributed by atoms with Gasteiger partial charge in [-0.1, -0.05) is 24.4 Å². The highest BCUT2D eigenvalue weighted by molar-refractivity contribution is 8.89. The van der Waals surface area contributed by atoms with E-state index < -0.39 is 0 Å². The van der Waals surface area contributed by atoms with E-state index in [1.165, 1.54) is 21.6 Å². The number of nitrogens with zero attached hydrogens (tertiary/aromatic N) is 1. The van der Waals surface area contributed by atoms with Crippen LogP contribution in [-0.2, 0) is 0 Å². The van der Waals surface area contributed by atoms with Gasteiger partial charge in [0.2, 0.25) is 0 Å². The van der Waals surface area contributed by atoms with Crippen molar-refractivity contribution in [1.82, 2.24) is 4.90 Å². The molecule has 0 aliphatic heterocycles. The molecule has 6 heteroatoms. The number of hydrogen-bond donors (Lipinski definition) is 1. The molecule has 0 spiro atoms. The van der Waals surface area contributed by atoms with Gasteiger partial charge in [-0.2, -0.15) is 0 Å². The molecule has 0 aromatic carbocycles. The first-order chi connectivity index (χ1) is 4.54. The van der Waals surface area contributed by atoms with Gasteiger partial charge in [0.15, 0.2) is 0 Å². The summed E-state index contributed by atoms with van der Waals surface area (Å²) < 4.78 is 1.19. The highest BCUT2D eigenvalue weighted by Gasteiger charge is 2.00. The highest BCUT2D eigenvalue weighted by Crippen LogP contribution is 2.23. The fraction of sp³-hybridized carbons (Fsp3) is 0.500. The van der Waals surface area contributed by atoms with E-state index in [0.717, 1.165) is 4.32 Å². The van der Waals surface area contributed by atoms with Gasteiger partial charge >= 0.3 is 0 Å². The first-order valence-electron chi connectivity index (χ1n) is 2.39. The van der Waals surface area contributed by atoms with E-state index in [0.29, 0.717) is 4.32 Å². The molecule has 0 aromatic heterocycles. The van der Waals surface area contributed by atoms with Crippen LogP contribution in [-0.4, -0.2) is 27.6 Å². The van der Waals surface area contributed by atoms with Crippen molar-refractivity contribution in [3.05, 3.63) is 0 Å². The van der Waals surface area contributed by atoms with Crippen LogP contribution in [0.3, 0.4) is 0 Å². The van der Waals surface area contributed by atoms with Gasteiger partial charge in [-0.05, 0) is 21.6 Å². The smallest absolute Gasteiger partial charge is 0.146 e. The van der Waals surface area contributed by atoms with Crippen molar-refractivity contribution in [2.75, 3.05) is 14.1 Å². The quantitative estimate of drug-likeness (QED) is 0.483. The lowest BCUT2D eigenvalue weighted by atomic mass is 11.0. The molecule has 10 heavy (non-hydrogen) atoms. The Morgan fingerprint density at radius 1 is 1.30 bits per heavy atom. The molecule has 0 radical (unpaired) electrons. The van der Waals surface area contributed by atoms with Gasteiger partial charge in [-0.15, -0.1) is 0 Å². The second-order valence-electron chi connectivity index (χ2n) is 1.65. The van der Waals surface area contributed by atoms with Gasteiger partial charge in [-0.25, -0.2) is 0 Å². The molecule has 0 heterocycles. The summed E-state index contributed by atoms with van der Waals surface area (Å²) >= 11 is 9.59. The average Bonchev–Trinajstić information content (AvgIpc) is 1.82. The Morgan fingerprint density at radius 3 is 2.10 bits per heavy atom. The minimum Gasteiger partial charge on any atom is -0.384 e. The number of thiocarbonyl (C=S) groups is 2. The van der Waals surface area contributed by atoms with Gasteiger partial charge < -0.3 is 10.6 Å². The van der Waals surface area contributed by atoms with Gasteiger partial charge in [-0.3, -0.25) is 0 Å². The second kappa shape index (κ2) is 5.17. The molecular formula is C4H8N2S4. The molecule has 0 bridgehead atoms. The van der Waals surface area contributed by atoms with Crippen molar-refractivity contribution in [3.63, 3.8) is 0 Å². The summed E-state index contributed by atoms with van der Waals surface area (Å²) in [6.45, 7) is 0. The predicted molar refractivity (Wildman–Crippen MR) is 58.3 cm³/mol. The molecule has 0 atom stereocenters. The Hall–Kier alpha value is 0.480. The molecule has 2 N–H and O–H groups in total. The zero-order chi connectivity index (χ0) is 8.15. The number of nitrogens with two attached hydrogens (primary N) is 1. The van der Waals surface area contributed by atoms with Crippen molar-refractivity contribution < 1.29 is 0 Å². The Morgan fingerprint density at radius 2 is 1.80 bits per heavy atom. The maximum atomic E-state index is 5.24. The zero-order valence-corrected chi connectivity index (χ0v) is 8.92. The first-order valence-corrected chi connectivity index (χ1v) is 5.36.